The van der Waals surface area contributed by atoms with Crippen molar-refractivity contribution in [3.8, 4) is 10.7 Å². The number of halogens is 2. The molecule has 0 saturated heterocycles. The average molecular weight is 471 g/mol. The Bertz CT molecular complexity index is 1170. The Kier molecular flexibility index (Phi) is 6.70. The molecule has 0 unspecified atom stereocenters. The van der Waals surface area contributed by atoms with Gasteiger partial charge in [-0.3, -0.25) is 9.10 Å². The Hall–Kier alpha value is -2.86. The van der Waals surface area contributed by atoms with E-state index >= 15 is 0 Å². The van der Waals surface area contributed by atoms with Gasteiger partial charge in [0.25, 0.3) is 0 Å². The van der Waals surface area contributed by atoms with E-state index in [-0.39, 0.29) is 24.7 Å². The van der Waals surface area contributed by atoms with E-state index in [1.54, 1.807) is 6.92 Å². The molecule has 0 aliphatic carbocycles. The number of benzene rings is 1. The van der Waals surface area contributed by atoms with Crippen LogP contribution in [0.5, 0.6) is 0 Å². The summed E-state index contributed by atoms with van der Waals surface area (Å²) in [5, 5.41) is 5.76. The summed E-state index contributed by atoms with van der Waals surface area (Å²) in [6.45, 7) is 3.28. The summed E-state index contributed by atoms with van der Waals surface area (Å²) < 4.78 is 57.7. The van der Waals surface area contributed by atoms with Crippen molar-refractivity contribution in [3.05, 3.63) is 53.2 Å². The highest BCUT2D eigenvalue weighted by Gasteiger charge is 2.32. The molecule has 0 aliphatic rings. The van der Waals surface area contributed by atoms with Crippen LogP contribution in [0, 0.1) is 11.6 Å². The number of hydrogen-bond acceptors (Lipinski definition) is 7. The number of carbonyl (C=O) groups excluding carboxylic acids is 1. The number of aromatic nitrogens is 2. The van der Waals surface area contributed by atoms with E-state index in [9.17, 15) is 22.0 Å². The summed E-state index contributed by atoms with van der Waals surface area (Å²) >= 11 is 1.44. The summed E-state index contributed by atoms with van der Waals surface area (Å²) in [6.07, 6.45) is 0.889. The zero-order valence-electron chi connectivity index (χ0n) is 16.9. The van der Waals surface area contributed by atoms with Crippen molar-refractivity contribution in [1.82, 2.24) is 15.0 Å². The Labute approximate surface area is 182 Å². The third-order valence-electron chi connectivity index (χ3n) is 4.45. The summed E-state index contributed by atoms with van der Waals surface area (Å²) in [7, 11) is -3.99. The minimum absolute atomic E-state index is 0.0343. The van der Waals surface area contributed by atoms with Gasteiger partial charge in [-0.1, -0.05) is 11.2 Å². The molecule has 3 aromatic rings. The smallest absolute Gasteiger partial charge is 0.246 e. The van der Waals surface area contributed by atoms with Crippen LogP contribution < -0.4 is 4.31 Å². The van der Waals surface area contributed by atoms with Crippen molar-refractivity contribution in [2.45, 2.75) is 26.4 Å². The Morgan fingerprint density at radius 1 is 1.26 bits per heavy atom. The fraction of sp³-hybridized carbons (Fsp3) is 0.316. The Morgan fingerprint density at radius 2 is 2.00 bits per heavy atom. The van der Waals surface area contributed by atoms with Crippen LogP contribution >= 0.6 is 11.3 Å². The number of carbonyl (C=O) groups is 1. The molecule has 166 valence electrons. The highest BCUT2D eigenvalue weighted by Crippen LogP contribution is 2.25. The fourth-order valence-corrected chi connectivity index (χ4v) is 4.83. The number of nitrogens with zero attached hydrogens (tertiary/aromatic N) is 4. The highest BCUT2D eigenvalue weighted by molar-refractivity contribution is 7.92. The number of rotatable bonds is 8. The molecule has 8 nitrogen and oxygen atoms in total. The zero-order valence-corrected chi connectivity index (χ0v) is 18.6. The predicted molar refractivity (Wildman–Crippen MR) is 112 cm³/mol. The van der Waals surface area contributed by atoms with Crippen LogP contribution in [0.2, 0.25) is 0 Å². The number of likely N-dealkylation sites (N-methyl/N-ethyl adjacent to an activating group) is 1. The molecule has 2 heterocycles. The molecule has 0 fully saturated rings. The number of thiophene rings is 1. The first kappa shape index (κ1) is 22.8. The van der Waals surface area contributed by atoms with Crippen molar-refractivity contribution >= 4 is 33.0 Å². The van der Waals surface area contributed by atoms with Gasteiger partial charge in [-0.05, 0) is 37.4 Å². The van der Waals surface area contributed by atoms with Gasteiger partial charge in [0.1, 0.15) is 12.6 Å². The predicted octanol–water partition coefficient (Wildman–Crippen LogP) is 3.28. The molecule has 0 bridgehead atoms. The second kappa shape index (κ2) is 9.10. The molecule has 1 atom stereocenters. The van der Waals surface area contributed by atoms with Gasteiger partial charge in [0.15, 0.2) is 11.6 Å². The minimum atomic E-state index is -3.99. The average Bonchev–Trinajstić information content (AvgIpc) is 3.39. The van der Waals surface area contributed by atoms with Crippen LogP contribution in [0.1, 0.15) is 19.7 Å². The molecule has 1 aromatic carbocycles. The quantitative estimate of drug-likeness (QED) is 0.501. The second-order valence-electron chi connectivity index (χ2n) is 6.67. The third-order valence-corrected chi connectivity index (χ3v) is 6.56. The highest BCUT2D eigenvalue weighted by atomic mass is 32.2. The lowest BCUT2D eigenvalue weighted by Crippen LogP contribution is -2.49. The zero-order chi connectivity index (χ0) is 22.8. The summed E-state index contributed by atoms with van der Waals surface area (Å²) in [5.41, 5.74) is -0.156. The van der Waals surface area contributed by atoms with Crippen LogP contribution in [-0.2, 0) is 21.4 Å². The number of amides is 1. The standard InChI is InChI=1S/C19H20F2N4O4S2/c1-4-24(11-17-22-18(23-29-17)16-6-5-9-30-16)19(26)12(2)25(31(3,27)28)13-7-8-14(20)15(21)10-13/h5-10,12H,4,11H2,1-3H3/t12-/m0/s1. The minimum Gasteiger partial charge on any atom is -0.337 e. The Morgan fingerprint density at radius 3 is 2.58 bits per heavy atom. The topological polar surface area (TPSA) is 96.6 Å². The lowest BCUT2D eigenvalue weighted by Gasteiger charge is -2.31. The maximum Gasteiger partial charge on any atom is 0.246 e. The summed E-state index contributed by atoms with van der Waals surface area (Å²) in [5.74, 6) is -2.33. The van der Waals surface area contributed by atoms with Gasteiger partial charge in [0.05, 0.1) is 16.8 Å². The van der Waals surface area contributed by atoms with Gasteiger partial charge in [0, 0.05) is 12.6 Å². The summed E-state index contributed by atoms with van der Waals surface area (Å²) in [6, 6.07) is 5.10. The van der Waals surface area contributed by atoms with Crippen LogP contribution in [-0.4, -0.2) is 48.2 Å². The Balaban J connectivity index is 1.84. The van der Waals surface area contributed by atoms with Gasteiger partial charge >= 0.3 is 0 Å². The molecule has 0 spiro atoms. The van der Waals surface area contributed by atoms with Crippen molar-refractivity contribution in [3.63, 3.8) is 0 Å². The van der Waals surface area contributed by atoms with Crippen molar-refractivity contribution in [2.24, 2.45) is 0 Å². The fourth-order valence-electron chi connectivity index (χ4n) is 3.02. The third kappa shape index (κ3) is 5.07. The van der Waals surface area contributed by atoms with Crippen LogP contribution in [0.15, 0.2) is 40.2 Å². The van der Waals surface area contributed by atoms with E-state index < -0.39 is 33.6 Å². The lowest BCUT2D eigenvalue weighted by molar-refractivity contribution is -0.132. The van der Waals surface area contributed by atoms with Gasteiger partial charge in [0.2, 0.25) is 27.6 Å². The molecular formula is C19H20F2N4O4S2. The van der Waals surface area contributed by atoms with E-state index in [1.807, 2.05) is 17.5 Å². The van der Waals surface area contributed by atoms with Gasteiger partial charge in [-0.2, -0.15) is 4.98 Å². The number of anilines is 1. The van der Waals surface area contributed by atoms with Crippen molar-refractivity contribution in [2.75, 3.05) is 17.1 Å². The van der Waals surface area contributed by atoms with Gasteiger partial charge in [-0.25, -0.2) is 17.2 Å². The van der Waals surface area contributed by atoms with Crippen molar-refractivity contribution < 1.29 is 26.5 Å². The van der Waals surface area contributed by atoms with E-state index in [0.29, 0.717) is 5.82 Å². The number of hydrogen-bond donors (Lipinski definition) is 0. The van der Waals surface area contributed by atoms with Crippen LogP contribution in [0.25, 0.3) is 10.7 Å². The largest absolute Gasteiger partial charge is 0.337 e. The van der Waals surface area contributed by atoms with Crippen LogP contribution in [0.3, 0.4) is 0 Å². The van der Waals surface area contributed by atoms with E-state index in [1.165, 1.54) is 23.2 Å². The molecule has 3 rings (SSSR count). The van der Waals surface area contributed by atoms with Crippen molar-refractivity contribution in [1.29, 1.82) is 0 Å². The molecule has 31 heavy (non-hydrogen) atoms. The maximum absolute atomic E-state index is 13.7. The molecule has 1 amide bonds. The molecule has 0 saturated carbocycles. The van der Waals surface area contributed by atoms with Gasteiger partial charge in [-0.15, -0.1) is 11.3 Å². The molecule has 0 N–H and O–H groups in total. The van der Waals surface area contributed by atoms with E-state index in [4.69, 9.17) is 4.52 Å². The molecule has 12 heteroatoms. The monoisotopic (exact) mass is 470 g/mol. The molecule has 2 aromatic heterocycles. The van der Waals surface area contributed by atoms with Crippen LogP contribution in [0.4, 0.5) is 14.5 Å². The molecular weight excluding hydrogens is 450 g/mol. The second-order valence-corrected chi connectivity index (χ2v) is 9.48. The first-order valence-corrected chi connectivity index (χ1v) is 11.9. The summed E-state index contributed by atoms with van der Waals surface area (Å²) in [4.78, 5) is 19.5. The first-order chi connectivity index (χ1) is 14.6. The lowest BCUT2D eigenvalue weighted by atomic mass is 10.2. The first-order valence-electron chi connectivity index (χ1n) is 9.21. The molecule has 0 radical (unpaired) electrons. The van der Waals surface area contributed by atoms with E-state index in [0.717, 1.165) is 33.6 Å². The maximum atomic E-state index is 13.7. The molecule has 0 aliphatic heterocycles. The number of sulfonamides is 1. The van der Waals surface area contributed by atoms with E-state index in [2.05, 4.69) is 10.1 Å². The normalized spacial score (nSPS) is 12.5. The SMILES string of the molecule is CCN(Cc1nc(-c2cccs2)no1)C(=O)[C@H](C)N(c1ccc(F)c(F)c1)S(C)(=O)=O. The van der Waals surface area contributed by atoms with Gasteiger partial charge < -0.3 is 9.42 Å².